The first-order valence-corrected chi connectivity index (χ1v) is 12.1. The van der Waals surface area contributed by atoms with Gasteiger partial charge in [-0.3, -0.25) is 14.3 Å². The molecule has 9 heteroatoms. The summed E-state index contributed by atoms with van der Waals surface area (Å²) in [6, 6.07) is 26.0. The fraction of sp³-hybridized carbons (Fsp3) is 0.241. The zero-order valence-electron chi connectivity index (χ0n) is 20.9. The smallest absolute Gasteiger partial charge is 0.330 e. The standard InChI is InChI=1S/C29H28N2O7/c1-35-22-12-8-20(9-13-22)29(19-6-4-3-5-7-19,21-10-14-23(36-2)15-11-21)38-24-18-37-27(26(24)33)31-17-16-25(32)30-28(31)34/h3-17,24,26-27,33H,18H2,1-2H3,(H,30,32,34)/t24-,26+,27?/m0/s1. The number of ether oxygens (including phenoxy) is 4. The van der Waals surface area contributed by atoms with Crippen LogP contribution in [0, 0.1) is 0 Å². The molecule has 0 saturated carbocycles. The molecule has 9 nitrogen and oxygen atoms in total. The van der Waals surface area contributed by atoms with Gasteiger partial charge in [0.05, 0.1) is 20.8 Å². The van der Waals surface area contributed by atoms with E-state index in [4.69, 9.17) is 18.9 Å². The van der Waals surface area contributed by atoms with Gasteiger partial charge in [0, 0.05) is 12.3 Å². The number of aliphatic hydroxyl groups is 1. The number of rotatable bonds is 8. The van der Waals surface area contributed by atoms with Crippen molar-refractivity contribution in [1.29, 1.82) is 0 Å². The number of H-pyrrole nitrogens is 1. The summed E-state index contributed by atoms with van der Waals surface area (Å²) in [6.07, 6.45) is -1.78. The van der Waals surface area contributed by atoms with E-state index in [0.29, 0.717) is 11.5 Å². The Kier molecular flexibility index (Phi) is 7.15. The van der Waals surface area contributed by atoms with Crippen LogP contribution >= 0.6 is 0 Å². The van der Waals surface area contributed by atoms with Gasteiger partial charge in [0.1, 0.15) is 29.3 Å². The van der Waals surface area contributed by atoms with Crippen LogP contribution in [0.25, 0.3) is 0 Å². The molecule has 0 amide bonds. The molecule has 1 aliphatic rings. The first-order valence-electron chi connectivity index (χ1n) is 12.1. The van der Waals surface area contributed by atoms with Crippen molar-refractivity contribution in [3.63, 3.8) is 0 Å². The summed E-state index contributed by atoms with van der Waals surface area (Å²) in [5.41, 5.74) is 0.0420. The normalized spacial score (nSPS) is 19.3. The van der Waals surface area contributed by atoms with E-state index in [1.807, 2.05) is 78.9 Å². The molecule has 3 atom stereocenters. The van der Waals surface area contributed by atoms with Gasteiger partial charge < -0.3 is 24.1 Å². The van der Waals surface area contributed by atoms with E-state index in [-0.39, 0.29) is 6.61 Å². The van der Waals surface area contributed by atoms with Gasteiger partial charge in [-0.15, -0.1) is 0 Å². The largest absolute Gasteiger partial charge is 0.497 e. The third-order valence-electron chi connectivity index (χ3n) is 6.73. The van der Waals surface area contributed by atoms with Crippen LogP contribution in [0.15, 0.2) is 101 Å². The minimum Gasteiger partial charge on any atom is -0.497 e. The van der Waals surface area contributed by atoms with Crippen LogP contribution in [-0.4, -0.2) is 47.7 Å². The Hall–Kier alpha value is -4.18. The summed E-state index contributed by atoms with van der Waals surface area (Å²) in [4.78, 5) is 26.1. The molecule has 0 radical (unpaired) electrons. The molecule has 1 fully saturated rings. The number of hydrogen-bond acceptors (Lipinski definition) is 7. The number of methoxy groups -OCH3 is 2. The lowest BCUT2D eigenvalue weighted by molar-refractivity contribution is -0.0905. The first kappa shape index (κ1) is 25.5. The summed E-state index contributed by atoms with van der Waals surface area (Å²) in [7, 11) is 3.20. The maximum atomic E-state index is 12.4. The molecule has 38 heavy (non-hydrogen) atoms. The Morgan fingerprint density at radius 3 is 1.92 bits per heavy atom. The van der Waals surface area contributed by atoms with E-state index < -0.39 is 35.3 Å². The van der Waals surface area contributed by atoms with E-state index in [2.05, 4.69) is 4.98 Å². The Bertz CT molecular complexity index is 1430. The van der Waals surface area contributed by atoms with Crippen LogP contribution in [-0.2, 0) is 15.1 Å². The van der Waals surface area contributed by atoms with Gasteiger partial charge >= 0.3 is 5.69 Å². The lowest BCUT2D eigenvalue weighted by Gasteiger charge is -2.38. The summed E-state index contributed by atoms with van der Waals surface area (Å²) in [5, 5.41) is 11.3. The van der Waals surface area contributed by atoms with Crippen molar-refractivity contribution in [3.8, 4) is 11.5 Å². The highest BCUT2D eigenvalue weighted by Crippen LogP contribution is 2.44. The molecule has 1 aliphatic heterocycles. The number of hydrogen-bond donors (Lipinski definition) is 2. The molecule has 0 bridgehead atoms. The summed E-state index contributed by atoms with van der Waals surface area (Å²) < 4.78 is 24.6. The zero-order chi connectivity index (χ0) is 26.7. The van der Waals surface area contributed by atoms with Gasteiger partial charge in [-0.1, -0.05) is 54.6 Å². The fourth-order valence-electron chi connectivity index (χ4n) is 4.81. The predicted octanol–water partition coefficient (Wildman–Crippen LogP) is 2.82. The Morgan fingerprint density at radius 2 is 1.39 bits per heavy atom. The van der Waals surface area contributed by atoms with Crippen molar-refractivity contribution in [2.75, 3.05) is 20.8 Å². The van der Waals surface area contributed by atoms with Crippen molar-refractivity contribution in [2.45, 2.75) is 24.0 Å². The average molecular weight is 517 g/mol. The molecule has 5 rings (SSSR count). The first-order chi connectivity index (χ1) is 18.5. The van der Waals surface area contributed by atoms with E-state index >= 15 is 0 Å². The van der Waals surface area contributed by atoms with Gasteiger partial charge in [0.15, 0.2) is 6.23 Å². The molecule has 0 aliphatic carbocycles. The van der Waals surface area contributed by atoms with Crippen LogP contribution in [0.3, 0.4) is 0 Å². The monoisotopic (exact) mass is 516 g/mol. The molecule has 1 saturated heterocycles. The molecule has 4 aromatic rings. The van der Waals surface area contributed by atoms with Crippen LogP contribution in [0.5, 0.6) is 11.5 Å². The molecule has 2 N–H and O–H groups in total. The lowest BCUT2D eigenvalue weighted by atomic mass is 9.79. The lowest BCUT2D eigenvalue weighted by Crippen LogP contribution is -2.43. The summed E-state index contributed by atoms with van der Waals surface area (Å²) in [5.74, 6) is 1.37. The van der Waals surface area contributed by atoms with Crippen molar-refractivity contribution >= 4 is 0 Å². The molecule has 3 aromatic carbocycles. The van der Waals surface area contributed by atoms with Crippen molar-refractivity contribution < 1.29 is 24.1 Å². The second kappa shape index (κ2) is 10.7. The second-order valence-corrected chi connectivity index (χ2v) is 8.89. The maximum absolute atomic E-state index is 12.4. The molecule has 2 heterocycles. The van der Waals surface area contributed by atoms with Crippen LogP contribution in [0.2, 0.25) is 0 Å². The van der Waals surface area contributed by atoms with Gasteiger partial charge in [-0.25, -0.2) is 4.79 Å². The zero-order valence-corrected chi connectivity index (χ0v) is 20.9. The third kappa shape index (κ3) is 4.63. The van der Waals surface area contributed by atoms with Crippen molar-refractivity contribution in [1.82, 2.24) is 9.55 Å². The molecule has 0 spiro atoms. The number of aromatic amines is 1. The topological polar surface area (TPSA) is 112 Å². The number of benzene rings is 3. The van der Waals surface area contributed by atoms with E-state index in [1.165, 1.54) is 12.3 Å². The highest BCUT2D eigenvalue weighted by molar-refractivity contribution is 5.49. The van der Waals surface area contributed by atoms with E-state index in [0.717, 1.165) is 21.3 Å². The van der Waals surface area contributed by atoms with E-state index in [1.54, 1.807) is 14.2 Å². The minimum absolute atomic E-state index is 0.0122. The Morgan fingerprint density at radius 1 is 0.842 bits per heavy atom. The number of nitrogens with one attached hydrogen (secondary N) is 1. The Labute approximate surface area is 218 Å². The second-order valence-electron chi connectivity index (χ2n) is 8.89. The maximum Gasteiger partial charge on any atom is 0.330 e. The summed E-state index contributed by atoms with van der Waals surface area (Å²) >= 11 is 0. The highest BCUT2D eigenvalue weighted by Gasteiger charge is 2.46. The average Bonchev–Trinajstić information content (AvgIpc) is 3.31. The SMILES string of the molecule is COc1ccc(C(O[C@H]2COC(n3ccc(=O)[nH]c3=O)[C@@H]2O)(c2ccccc2)c2ccc(OC)cc2)cc1. The Balaban J connectivity index is 1.63. The predicted molar refractivity (Wildman–Crippen MR) is 140 cm³/mol. The highest BCUT2D eigenvalue weighted by atomic mass is 16.6. The van der Waals surface area contributed by atoms with Gasteiger partial charge in [0.2, 0.25) is 0 Å². The third-order valence-corrected chi connectivity index (χ3v) is 6.73. The van der Waals surface area contributed by atoms with Crippen molar-refractivity contribution in [2.24, 2.45) is 0 Å². The summed E-state index contributed by atoms with van der Waals surface area (Å²) in [6.45, 7) is 0.0122. The fourth-order valence-corrected chi connectivity index (χ4v) is 4.81. The minimum atomic E-state index is -1.21. The number of nitrogens with zero attached hydrogens (tertiary/aromatic N) is 1. The molecular formula is C29H28N2O7. The number of aliphatic hydroxyl groups excluding tert-OH is 1. The van der Waals surface area contributed by atoms with Crippen LogP contribution in [0.1, 0.15) is 22.9 Å². The number of aromatic nitrogens is 2. The van der Waals surface area contributed by atoms with Gasteiger partial charge in [-0.05, 0) is 41.0 Å². The molecule has 1 aromatic heterocycles. The van der Waals surface area contributed by atoms with Crippen LogP contribution < -0.4 is 20.7 Å². The quantitative estimate of drug-likeness (QED) is 0.347. The molecule has 1 unspecified atom stereocenters. The van der Waals surface area contributed by atoms with Crippen molar-refractivity contribution in [3.05, 3.63) is 129 Å². The van der Waals surface area contributed by atoms with Gasteiger partial charge in [-0.2, -0.15) is 0 Å². The molecule has 196 valence electrons. The van der Waals surface area contributed by atoms with Crippen LogP contribution in [0.4, 0.5) is 0 Å². The van der Waals surface area contributed by atoms with E-state index in [9.17, 15) is 14.7 Å². The molecular weight excluding hydrogens is 488 g/mol. The van der Waals surface area contributed by atoms with Gasteiger partial charge in [0.25, 0.3) is 5.56 Å².